The molecule has 0 aromatic heterocycles. The number of nitrogens with two attached hydrogens (primary N) is 1. The Morgan fingerprint density at radius 1 is 1.05 bits per heavy atom. The summed E-state index contributed by atoms with van der Waals surface area (Å²) in [6.45, 7) is 0.443. The standard InChI is InChI=1S/C16H17N3O3/c17-16(20)15-13-18-9-8-12-21-10-6-4-2-1-3-5-7-11-22-14-19-15/h1-9,11-14H,10H2,(H2,17,20)/b2-1-,5-3-,6-4-,11-7-,12-8-,15-13-,18-9-,19-14-. The summed E-state index contributed by atoms with van der Waals surface area (Å²) in [6, 6.07) is 0. The summed E-state index contributed by atoms with van der Waals surface area (Å²) >= 11 is 0. The number of carbonyl (C=O) groups excluding carboxylic acids is 1. The molecule has 0 saturated heterocycles. The van der Waals surface area contributed by atoms with E-state index in [-0.39, 0.29) is 5.70 Å². The van der Waals surface area contributed by atoms with Gasteiger partial charge in [0.1, 0.15) is 12.3 Å². The van der Waals surface area contributed by atoms with Gasteiger partial charge in [0.25, 0.3) is 5.91 Å². The van der Waals surface area contributed by atoms with Crippen LogP contribution in [-0.4, -0.2) is 25.1 Å². The lowest BCUT2D eigenvalue weighted by molar-refractivity contribution is -0.114. The number of nitrogens with zero attached hydrogens (tertiary/aromatic N) is 2. The van der Waals surface area contributed by atoms with Crippen LogP contribution in [0.5, 0.6) is 0 Å². The van der Waals surface area contributed by atoms with Crippen LogP contribution in [-0.2, 0) is 14.3 Å². The first-order valence-electron chi connectivity index (χ1n) is 6.43. The molecule has 114 valence electrons. The van der Waals surface area contributed by atoms with E-state index in [1.165, 1.54) is 24.9 Å². The number of hydrogen-bond acceptors (Lipinski definition) is 5. The Bertz CT molecular complexity index is 579. The number of ether oxygens (including phenoxy) is 2. The molecule has 0 radical (unpaired) electrons. The Morgan fingerprint density at radius 2 is 1.82 bits per heavy atom. The monoisotopic (exact) mass is 299 g/mol. The molecule has 0 aromatic carbocycles. The van der Waals surface area contributed by atoms with Gasteiger partial charge in [0, 0.05) is 6.21 Å². The van der Waals surface area contributed by atoms with Gasteiger partial charge in [0.2, 0.25) is 0 Å². The molecule has 0 unspecified atom stereocenters. The molecular weight excluding hydrogens is 282 g/mol. The molecule has 0 aromatic rings. The molecule has 0 atom stereocenters. The molecule has 0 fully saturated rings. The predicted octanol–water partition coefficient (Wildman–Crippen LogP) is 2.16. The van der Waals surface area contributed by atoms with Crippen molar-refractivity contribution in [3.8, 4) is 0 Å². The molecule has 2 N–H and O–H groups in total. The fraction of sp³-hybridized carbons (Fsp3) is 0.0625. The number of carbonyl (C=O) groups is 1. The molecule has 6 heteroatoms. The summed E-state index contributed by atoms with van der Waals surface area (Å²) in [5, 5.41) is 0. The van der Waals surface area contributed by atoms with Crippen LogP contribution in [0.1, 0.15) is 0 Å². The van der Waals surface area contributed by atoms with Crippen molar-refractivity contribution in [1.82, 2.24) is 0 Å². The van der Waals surface area contributed by atoms with Crippen molar-refractivity contribution >= 4 is 18.5 Å². The van der Waals surface area contributed by atoms with Crippen molar-refractivity contribution in [2.24, 2.45) is 15.7 Å². The van der Waals surface area contributed by atoms with E-state index in [0.717, 1.165) is 6.40 Å². The van der Waals surface area contributed by atoms with Crippen molar-refractivity contribution in [3.63, 3.8) is 0 Å². The molecule has 0 spiro atoms. The average molecular weight is 299 g/mol. The molecule has 22 heavy (non-hydrogen) atoms. The van der Waals surface area contributed by atoms with Crippen molar-refractivity contribution in [2.75, 3.05) is 6.61 Å². The predicted molar refractivity (Wildman–Crippen MR) is 87.0 cm³/mol. The molecular formula is C16H17N3O3. The van der Waals surface area contributed by atoms with Gasteiger partial charge in [-0.25, -0.2) is 4.99 Å². The number of primary amides is 1. The van der Waals surface area contributed by atoms with E-state index in [1.807, 2.05) is 30.4 Å². The van der Waals surface area contributed by atoms with Gasteiger partial charge in [-0.3, -0.25) is 9.79 Å². The SMILES string of the molecule is NC(=O)C1=C/N=C\C=C/OC\C=C/C=C\C=C/C=C\O/C=N\1. The van der Waals surface area contributed by atoms with Crippen molar-refractivity contribution in [2.45, 2.75) is 0 Å². The van der Waals surface area contributed by atoms with Crippen LogP contribution in [0.4, 0.5) is 0 Å². The molecule has 1 rings (SSSR count). The summed E-state index contributed by atoms with van der Waals surface area (Å²) in [7, 11) is 0. The van der Waals surface area contributed by atoms with E-state index < -0.39 is 5.91 Å². The van der Waals surface area contributed by atoms with Crippen LogP contribution < -0.4 is 5.73 Å². The maximum absolute atomic E-state index is 11.1. The highest BCUT2D eigenvalue weighted by atomic mass is 16.5. The Labute approximate surface area is 129 Å². The highest BCUT2D eigenvalue weighted by Gasteiger charge is 2.00. The minimum atomic E-state index is -0.706. The highest BCUT2D eigenvalue weighted by molar-refractivity contribution is 5.92. The summed E-state index contributed by atoms with van der Waals surface area (Å²) < 4.78 is 10.2. The van der Waals surface area contributed by atoms with Crippen molar-refractivity contribution in [3.05, 3.63) is 73.0 Å². The fourth-order valence-electron chi connectivity index (χ4n) is 1.13. The molecule has 1 aliphatic rings. The van der Waals surface area contributed by atoms with Crippen LogP contribution >= 0.6 is 0 Å². The second-order valence-corrected chi connectivity index (χ2v) is 3.74. The van der Waals surface area contributed by atoms with Crippen LogP contribution in [0.2, 0.25) is 0 Å². The molecule has 1 aliphatic heterocycles. The summed E-state index contributed by atoms with van der Waals surface area (Å²) in [4.78, 5) is 18.8. The Balaban J connectivity index is 2.78. The van der Waals surface area contributed by atoms with Gasteiger partial charge in [-0.05, 0) is 18.2 Å². The minimum absolute atomic E-state index is 0.0294. The van der Waals surface area contributed by atoms with Crippen molar-refractivity contribution in [1.29, 1.82) is 0 Å². The maximum Gasteiger partial charge on any atom is 0.269 e. The maximum atomic E-state index is 11.1. The van der Waals surface area contributed by atoms with E-state index in [4.69, 9.17) is 15.2 Å². The van der Waals surface area contributed by atoms with Crippen LogP contribution in [0, 0.1) is 0 Å². The van der Waals surface area contributed by atoms with E-state index in [0.29, 0.717) is 6.61 Å². The zero-order valence-corrected chi connectivity index (χ0v) is 11.9. The smallest absolute Gasteiger partial charge is 0.269 e. The number of aliphatic imine (C=N–C) groups is 2. The third kappa shape index (κ3) is 8.87. The average Bonchev–Trinajstić information content (AvgIpc) is 2.50. The lowest BCUT2D eigenvalue weighted by Gasteiger charge is -1.93. The summed E-state index contributed by atoms with van der Waals surface area (Å²) in [5.74, 6) is -0.706. The minimum Gasteiger partial charge on any atom is -0.497 e. The lowest BCUT2D eigenvalue weighted by Crippen LogP contribution is -2.12. The van der Waals surface area contributed by atoms with Gasteiger partial charge < -0.3 is 15.2 Å². The molecule has 0 saturated carbocycles. The van der Waals surface area contributed by atoms with E-state index in [2.05, 4.69) is 9.98 Å². The topological polar surface area (TPSA) is 86.3 Å². The zero-order chi connectivity index (χ0) is 15.9. The Hall–Kier alpha value is -3.15. The van der Waals surface area contributed by atoms with Gasteiger partial charge in [-0.15, -0.1) is 0 Å². The van der Waals surface area contributed by atoms with Crippen LogP contribution in [0.3, 0.4) is 0 Å². The highest BCUT2D eigenvalue weighted by Crippen LogP contribution is 1.95. The molecule has 1 amide bonds. The largest absolute Gasteiger partial charge is 0.497 e. The molecule has 1 heterocycles. The first kappa shape index (κ1) is 16.9. The third-order valence-corrected chi connectivity index (χ3v) is 2.09. The molecule has 6 nitrogen and oxygen atoms in total. The number of allylic oxidation sites excluding steroid dienone is 7. The number of amides is 1. The first-order valence-corrected chi connectivity index (χ1v) is 6.43. The van der Waals surface area contributed by atoms with E-state index in [1.54, 1.807) is 18.2 Å². The third-order valence-electron chi connectivity index (χ3n) is 2.09. The van der Waals surface area contributed by atoms with Gasteiger partial charge in [-0.2, -0.15) is 0 Å². The van der Waals surface area contributed by atoms with Crippen LogP contribution in [0.25, 0.3) is 0 Å². The zero-order valence-electron chi connectivity index (χ0n) is 11.9. The van der Waals surface area contributed by atoms with Crippen LogP contribution in [0.15, 0.2) is 83.0 Å². The van der Waals surface area contributed by atoms with E-state index in [9.17, 15) is 4.79 Å². The normalized spacial score (nSPS) is 28.6. The van der Waals surface area contributed by atoms with Gasteiger partial charge in [0.05, 0.1) is 18.7 Å². The van der Waals surface area contributed by atoms with Gasteiger partial charge in [-0.1, -0.05) is 30.4 Å². The quantitative estimate of drug-likeness (QED) is 0.805. The first-order chi connectivity index (χ1) is 10.8. The molecule has 0 bridgehead atoms. The van der Waals surface area contributed by atoms with Gasteiger partial charge in [0.15, 0.2) is 6.40 Å². The fourth-order valence-corrected chi connectivity index (χ4v) is 1.13. The second kappa shape index (κ2) is 11.7. The van der Waals surface area contributed by atoms with Gasteiger partial charge >= 0.3 is 0 Å². The Kier molecular flexibility index (Phi) is 8.96. The lowest BCUT2D eigenvalue weighted by atomic mass is 10.4. The Morgan fingerprint density at radius 3 is 2.64 bits per heavy atom. The number of rotatable bonds is 1. The number of hydrogen-bond donors (Lipinski definition) is 1. The summed E-state index contributed by atoms with van der Waals surface area (Å²) in [6.07, 6.45) is 21.0. The molecule has 0 aliphatic carbocycles. The van der Waals surface area contributed by atoms with Crippen molar-refractivity contribution < 1.29 is 14.3 Å². The summed E-state index contributed by atoms with van der Waals surface area (Å²) in [5.41, 5.74) is 5.14. The second-order valence-electron chi connectivity index (χ2n) is 3.74. The van der Waals surface area contributed by atoms with E-state index >= 15 is 0 Å².